The SMILES string of the molecule is COC(=O)c1ccc([C@@H]2c3[nH]c4ccc(Cl)cc4c3C[C@H](C(=O)OC)N2C(=O)C#C[Si](C)(C)C)cc1. The summed E-state index contributed by atoms with van der Waals surface area (Å²) >= 11 is 6.29. The number of ether oxygens (including phenoxy) is 2. The van der Waals surface area contributed by atoms with Gasteiger partial charge in [-0.1, -0.05) is 43.4 Å². The van der Waals surface area contributed by atoms with Crippen LogP contribution in [0.4, 0.5) is 0 Å². The Balaban J connectivity index is 1.95. The van der Waals surface area contributed by atoms with Crippen LogP contribution in [0.1, 0.15) is 33.2 Å². The molecule has 4 rings (SSSR count). The van der Waals surface area contributed by atoms with Gasteiger partial charge < -0.3 is 19.4 Å². The zero-order chi connectivity index (χ0) is 26.2. The molecule has 1 aliphatic rings. The van der Waals surface area contributed by atoms with Crippen LogP contribution in [0.3, 0.4) is 0 Å². The molecule has 3 aromatic rings. The molecule has 1 aromatic heterocycles. The number of carbonyl (C=O) groups excluding carboxylic acids is 3. The third-order valence-electron chi connectivity index (χ3n) is 6.09. The molecule has 2 heterocycles. The molecule has 0 spiro atoms. The Bertz CT molecular complexity index is 1410. The lowest BCUT2D eigenvalue weighted by Gasteiger charge is -2.40. The lowest BCUT2D eigenvalue weighted by Crippen LogP contribution is -2.51. The molecule has 1 amide bonds. The number of H-pyrrole nitrogens is 1. The van der Waals surface area contributed by atoms with Crippen LogP contribution in [0.15, 0.2) is 42.5 Å². The zero-order valence-electron chi connectivity index (χ0n) is 20.8. The molecule has 0 unspecified atom stereocenters. The molecule has 0 aliphatic carbocycles. The molecule has 36 heavy (non-hydrogen) atoms. The van der Waals surface area contributed by atoms with E-state index in [1.54, 1.807) is 30.3 Å². The van der Waals surface area contributed by atoms with Gasteiger partial charge in [0, 0.05) is 28.0 Å². The van der Waals surface area contributed by atoms with E-state index in [-0.39, 0.29) is 6.42 Å². The van der Waals surface area contributed by atoms with Crippen LogP contribution in [-0.4, -0.2) is 56.1 Å². The molecule has 0 bridgehead atoms. The van der Waals surface area contributed by atoms with E-state index in [9.17, 15) is 14.4 Å². The van der Waals surface area contributed by atoms with E-state index in [0.717, 1.165) is 22.2 Å². The third-order valence-corrected chi connectivity index (χ3v) is 7.20. The van der Waals surface area contributed by atoms with Crippen molar-refractivity contribution in [2.45, 2.75) is 38.1 Å². The van der Waals surface area contributed by atoms with Crippen molar-refractivity contribution in [3.05, 3.63) is 69.9 Å². The Labute approximate surface area is 215 Å². The van der Waals surface area contributed by atoms with Gasteiger partial charge in [0.15, 0.2) is 0 Å². The van der Waals surface area contributed by atoms with Crippen LogP contribution in [0, 0.1) is 11.5 Å². The van der Waals surface area contributed by atoms with E-state index in [1.165, 1.54) is 19.1 Å². The third kappa shape index (κ3) is 4.90. The van der Waals surface area contributed by atoms with Gasteiger partial charge in [-0.2, -0.15) is 0 Å². The topological polar surface area (TPSA) is 88.7 Å². The quantitative estimate of drug-likeness (QED) is 0.311. The Hall–Kier alpha value is -3.54. The lowest BCUT2D eigenvalue weighted by molar-refractivity contribution is -0.153. The summed E-state index contributed by atoms with van der Waals surface area (Å²) in [6, 6.07) is 10.7. The predicted octanol–water partition coefficient (Wildman–Crippen LogP) is 4.50. The predicted molar refractivity (Wildman–Crippen MR) is 140 cm³/mol. The van der Waals surface area contributed by atoms with E-state index in [4.69, 9.17) is 21.1 Å². The molecular weight excluding hydrogens is 496 g/mol. The number of hydrogen-bond acceptors (Lipinski definition) is 5. The fraction of sp³-hybridized carbons (Fsp3) is 0.296. The van der Waals surface area contributed by atoms with Gasteiger partial charge in [-0.3, -0.25) is 4.79 Å². The Morgan fingerprint density at radius 3 is 2.36 bits per heavy atom. The van der Waals surface area contributed by atoms with Crippen molar-refractivity contribution in [1.29, 1.82) is 0 Å². The summed E-state index contributed by atoms with van der Waals surface area (Å²) < 4.78 is 9.94. The fourth-order valence-corrected chi connectivity index (χ4v) is 5.10. The number of methoxy groups -OCH3 is 2. The van der Waals surface area contributed by atoms with Gasteiger partial charge in [0.25, 0.3) is 5.91 Å². The van der Waals surface area contributed by atoms with Crippen LogP contribution in [0.25, 0.3) is 10.9 Å². The monoisotopic (exact) mass is 522 g/mol. The largest absolute Gasteiger partial charge is 0.467 e. The first-order chi connectivity index (χ1) is 17.0. The van der Waals surface area contributed by atoms with Crippen molar-refractivity contribution in [2.75, 3.05) is 14.2 Å². The van der Waals surface area contributed by atoms with Gasteiger partial charge >= 0.3 is 11.9 Å². The smallest absolute Gasteiger partial charge is 0.337 e. The van der Waals surface area contributed by atoms with Gasteiger partial charge in [0.1, 0.15) is 14.1 Å². The molecule has 0 saturated heterocycles. The van der Waals surface area contributed by atoms with E-state index in [1.807, 2.05) is 31.8 Å². The average Bonchev–Trinajstić information content (AvgIpc) is 3.22. The summed E-state index contributed by atoms with van der Waals surface area (Å²) in [5.41, 5.74) is 6.68. The molecule has 0 fully saturated rings. The standard InChI is InChI=1S/C27H27ClN2O5Si/c1-34-26(32)17-8-6-16(7-9-17)25-24-20(19-14-18(28)10-11-21(19)29-24)15-22(27(33)35-2)30(25)23(31)12-13-36(3,4)5/h6-11,14,22,25,29H,15H2,1-5H3/t22-,25-/m1/s1. The molecule has 2 atom stereocenters. The Kier molecular flexibility index (Phi) is 6.98. The van der Waals surface area contributed by atoms with E-state index in [0.29, 0.717) is 16.1 Å². The van der Waals surface area contributed by atoms with Crippen LogP contribution in [-0.2, 0) is 25.5 Å². The first kappa shape index (κ1) is 25.5. The number of rotatable bonds is 3. The number of esters is 2. The van der Waals surface area contributed by atoms with Crippen molar-refractivity contribution in [3.8, 4) is 11.5 Å². The Morgan fingerprint density at radius 1 is 1.06 bits per heavy atom. The zero-order valence-corrected chi connectivity index (χ0v) is 22.5. The van der Waals surface area contributed by atoms with E-state index >= 15 is 0 Å². The second-order valence-corrected chi connectivity index (χ2v) is 14.9. The maximum absolute atomic E-state index is 13.6. The molecule has 7 nitrogen and oxygen atoms in total. The van der Waals surface area contributed by atoms with E-state index < -0.39 is 38.0 Å². The summed E-state index contributed by atoms with van der Waals surface area (Å²) in [4.78, 5) is 43.6. The number of aromatic amines is 1. The number of fused-ring (bicyclic) bond motifs is 3. The Morgan fingerprint density at radius 2 is 1.75 bits per heavy atom. The molecule has 1 N–H and O–H groups in total. The highest BCUT2D eigenvalue weighted by molar-refractivity contribution is 6.84. The number of nitrogens with one attached hydrogen (secondary N) is 1. The van der Waals surface area contributed by atoms with Crippen LogP contribution < -0.4 is 0 Å². The van der Waals surface area contributed by atoms with Crippen LogP contribution >= 0.6 is 11.6 Å². The minimum absolute atomic E-state index is 0.249. The fourth-order valence-electron chi connectivity index (χ4n) is 4.45. The second kappa shape index (κ2) is 9.84. The van der Waals surface area contributed by atoms with Crippen molar-refractivity contribution >= 4 is 48.4 Å². The van der Waals surface area contributed by atoms with E-state index in [2.05, 4.69) is 16.4 Å². The number of halogens is 1. The number of benzene rings is 2. The summed E-state index contributed by atoms with van der Waals surface area (Å²) in [6.07, 6.45) is 0.249. The molecule has 0 saturated carbocycles. The number of amides is 1. The van der Waals surface area contributed by atoms with Crippen molar-refractivity contribution in [3.63, 3.8) is 0 Å². The number of nitrogens with zero attached hydrogens (tertiary/aromatic N) is 1. The minimum Gasteiger partial charge on any atom is -0.467 e. The molecule has 0 radical (unpaired) electrons. The van der Waals surface area contributed by atoms with Gasteiger partial charge in [0.05, 0.1) is 25.8 Å². The van der Waals surface area contributed by atoms with Crippen molar-refractivity contribution < 1.29 is 23.9 Å². The first-order valence-corrected chi connectivity index (χ1v) is 15.3. The summed E-state index contributed by atoms with van der Waals surface area (Å²) in [5, 5.41) is 1.44. The highest BCUT2D eigenvalue weighted by Gasteiger charge is 2.44. The number of carbonyl (C=O) groups is 3. The minimum atomic E-state index is -1.87. The maximum atomic E-state index is 13.6. The second-order valence-electron chi connectivity index (χ2n) is 9.68. The molecule has 2 aromatic carbocycles. The normalized spacial score (nSPS) is 17.1. The van der Waals surface area contributed by atoms with Gasteiger partial charge in [-0.25, -0.2) is 9.59 Å². The first-order valence-electron chi connectivity index (χ1n) is 11.5. The summed E-state index contributed by atoms with van der Waals surface area (Å²) in [7, 11) is 0.754. The van der Waals surface area contributed by atoms with Gasteiger partial charge in [-0.05, 0) is 47.4 Å². The van der Waals surface area contributed by atoms with Gasteiger partial charge in [-0.15, -0.1) is 5.54 Å². The highest BCUT2D eigenvalue weighted by Crippen LogP contribution is 2.41. The van der Waals surface area contributed by atoms with Crippen LogP contribution in [0.2, 0.25) is 24.7 Å². The van der Waals surface area contributed by atoms with Crippen LogP contribution in [0.5, 0.6) is 0 Å². The molecular formula is C27H27ClN2O5Si. The lowest BCUT2D eigenvalue weighted by atomic mass is 9.87. The molecule has 9 heteroatoms. The summed E-state index contributed by atoms with van der Waals surface area (Å²) in [6.45, 7) is 6.14. The van der Waals surface area contributed by atoms with Crippen molar-refractivity contribution in [2.24, 2.45) is 0 Å². The number of aromatic nitrogens is 1. The number of hydrogen-bond donors (Lipinski definition) is 1. The molecule has 1 aliphatic heterocycles. The highest BCUT2D eigenvalue weighted by atomic mass is 35.5. The molecule has 186 valence electrons. The summed E-state index contributed by atoms with van der Waals surface area (Å²) in [5.74, 6) is 1.34. The average molecular weight is 523 g/mol. The van der Waals surface area contributed by atoms with Crippen molar-refractivity contribution in [1.82, 2.24) is 9.88 Å². The van der Waals surface area contributed by atoms with Gasteiger partial charge in [0.2, 0.25) is 0 Å². The maximum Gasteiger partial charge on any atom is 0.337 e.